The largest absolute Gasteiger partial charge is 0.461 e. The van der Waals surface area contributed by atoms with E-state index in [-0.39, 0.29) is 11.7 Å². The minimum absolute atomic E-state index is 0.0299. The van der Waals surface area contributed by atoms with Crippen LogP contribution in [0, 0.1) is 5.92 Å². The molecular formula is C20H18F5N3O4S. The predicted octanol–water partition coefficient (Wildman–Crippen LogP) is 3.99. The maximum Gasteiger partial charge on any atom is 0.461 e. The Labute approximate surface area is 185 Å². The van der Waals surface area contributed by atoms with Crippen molar-refractivity contribution in [2.45, 2.75) is 31.0 Å². The summed E-state index contributed by atoms with van der Waals surface area (Å²) in [6.07, 6.45) is -1.79. The van der Waals surface area contributed by atoms with E-state index in [0.29, 0.717) is 19.0 Å². The first kappa shape index (κ1) is 24.6. The monoisotopic (exact) mass is 491 g/mol. The number of sulfone groups is 1. The van der Waals surface area contributed by atoms with E-state index < -0.39 is 51.2 Å². The smallest absolute Gasteiger partial charge is 0.438 e. The van der Waals surface area contributed by atoms with Crippen LogP contribution in [0.5, 0.6) is 11.6 Å². The summed E-state index contributed by atoms with van der Waals surface area (Å²) in [5.41, 5.74) is -0.501. The number of hydrogen-bond acceptors (Lipinski definition) is 6. The standard InChI is InChI=1S/C20H18F5N3O4S/c1-33(30,31)10-9-15(12-7-8-12)27-16(29)14-11-26-18(19(21,22)20(23,24)25)28-17(14)32-13-5-3-2-4-6-13/h2-6,9-12,15H,7-8H2,1H3,(H,27,29). The number of alkyl halides is 5. The fourth-order valence-corrected chi connectivity index (χ4v) is 3.17. The van der Waals surface area contributed by atoms with Crippen LogP contribution in [0.4, 0.5) is 22.0 Å². The summed E-state index contributed by atoms with van der Waals surface area (Å²) in [5, 5.41) is 3.44. The molecular weight excluding hydrogens is 473 g/mol. The van der Waals surface area contributed by atoms with Crippen molar-refractivity contribution in [2.75, 3.05) is 6.26 Å². The zero-order valence-electron chi connectivity index (χ0n) is 17.0. The summed E-state index contributed by atoms with van der Waals surface area (Å²) in [4.78, 5) is 19.1. The van der Waals surface area contributed by atoms with Crippen LogP contribution < -0.4 is 10.1 Å². The lowest BCUT2D eigenvalue weighted by molar-refractivity contribution is -0.292. The molecule has 178 valence electrons. The molecule has 1 unspecified atom stereocenters. The molecule has 0 radical (unpaired) electrons. The fraction of sp³-hybridized carbons (Fsp3) is 0.350. The number of benzene rings is 1. The Hall–Kier alpha value is -3.09. The van der Waals surface area contributed by atoms with Gasteiger partial charge in [0, 0.05) is 17.9 Å². The Kier molecular flexibility index (Phi) is 6.73. The highest BCUT2D eigenvalue weighted by molar-refractivity contribution is 7.93. The Morgan fingerprint density at radius 2 is 1.82 bits per heavy atom. The van der Waals surface area contributed by atoms with Crippen molar-refractivity contribution in [3.05, 3.63) is 59.4 Å². The van der Waals surface area contributed by atoms with Crippen molar-refractivity contribution in [2.24, 2.45) is 5.92 Å². The van der Waals surface area contributed by atoms with E-state index in [1.165, 1.54) is 30.3 Å². The Morgan fingerprint density at radius 1 is 1.18 bits per heavy atom. The number of amides is 1. The first-order valence-corrected chi connectivity index (χ1v) is 11.5. The van der Waals surface area contributed by atoms with Crippen LogP contribution in [-0.2, 0) is 15.8 Å². The molecule has 13 heteroatoms. The topological polar surface area (TPSA) is 98.2 Å². The second-order valence-electron chi connectivity index (χ2n) is 7.39. The number of para-hydroxylation sites is 1. The summed E-state index contributed by atoms with van der Waals surface area (Å²) in [7, 11) is -3.48. The number of carbonyl (C=O) groups excluding carboxylic acids is 1. The van der Waals surface area contributed by atoms with E-state index in [4.69, 9.17) is 4.74 Å². The highest BCUT2D eigenvalue weighted by Crippen LogP contribution is 2.43. The minimum atomic E-state index is -5.96. The molecule has 1 atom stereocenters. The summed E-state index contributed by atoms with van der Waals surface area (Å²) >= 11 is 0. The lowest BCUT2D eigenvalue weighted by Crippen LogP contribution is -2.37. The van der Waals surface area contributed by atoms with Gasteiger partial charge >= 0.3 is 12.1 Å². The fourth-order valence-electron chi connectivity index (χ4n) is 2.71. The van der Waals surface area contributed by atoms with Gasteiger partial charge in [-0.3, -0.25) is 4.79 Å². The van der Waals surface area contributed by atoms with Gasteiger partial charge in [-0.1, -0.05) is 24.3 Å². The third kappa shape index (κ3) is 6.24. The molecule has 3 rings (SSSR count). The van der Waals surface area contributed by atoms with E-state index >= 15 is 0 Å². The van der Waals surface area contributed by atoms with E-state index in [1.807, 2.05) is 0 Å². The maximum atomic E-state index is 13.8. The van der Waals surface area contributed by atoms with Gasteiger partial charge in [0.1, 0.15) is 11.3 Å². The molecule has 0 aliphatic heterocycles. The van der Waals surface area contributed by atoms with Gasteiger partial charge in [0.05, 0.1) is 6.04 Å². The number of carbonyl (C=O) groups is 1. The van der Waals surface area contributed by atoms with Crippen molar-refractivity contribution in [1.29, 1.82) is 0 Å². The summed E-state index contributed by atoms with van der Waals surface area (Å²) in [6, 6.07) is 6.69. The van der Waals surface area contributed by atoms with Crippen LogP contribution in [0.2, 0.25) is 0 Å². The van der Waals surface area contributed by atoms with Gasteiger partial charge in [-0.05, 0) is 30.9 Å². The number of rotatable bonds is 8. The first-order valence-electron chi connectivity index (χ1n) is 9.52. The Balaban J connectivity index is 1.97. The van der Waals surface area contributed by atoms with Crippen LogP contribution in [0.1, 0.15) is 29.0 Å². The van der Waals surface area contributed by atoms with Crippen molar-refractivity contribution in [3.63, 3.8) is 0 Å². The third-order valence-electron chi connectivity index (χ3n) is 4.55. The van der Waals surface area contributed by atoms with Crippen LogP contribution in [-0.4, -0.2) is 42.8 Å². The molecule has 7 nitrogen and oxygen atoms in total. The highest BCUT2D eigenvalue weighted by Gasteiger charge is 2.61. The third-order valence-corrected chi connectivity index (χ3v) is 5.21. The average Bonchev–Trinajstić information content (AvgIpc) is 3.55. The molecule has 1 saturated carbocycles. The van der Waals surface area contributed by atoms with Crippen LogP contribution >= 0.6 is 0 Å². The van der Waals surface area contributed by atoms with Gasteiger partial charge in [-0.15, -0.1) is 0 Å². The lowest BCUT2D eigenvalue weighted by Gasteiger charge is -2.20. The van der Waals surface area contributed by atoms with Crippen molar-refractivity contribution < 1.29 is 39.9 Å². The van der Waals surface area contributed by atoms with Gasteiger partial charge in [-0.2, -0.15) is 26.9 Å². The predicted molar refractivity (Wildman–Crippen MR) is 106 cm³/mol. The molecule has 1 aromatic carbocycles. The zero-order chi connectivity index (χ0) is 24.4. The first-order chi connectivity index (χ1) is 15.3. The van der Waals surface area contributed by atoms with E-state index in [0.717, 1.165) is 11.7 Å². The van der Waals surface area contributed by atoms with Crippen LogP contribution in [0.3, 0.4) is 0 Å². The molecule has 1 aromatic heterocycles. The highest BCUT2D eigenvalue weighted by atomic mass is 32.2. The molecule has 1 fully saturated rings. The number of nitrogens with one attached hydrogen (secondary N) is 1. The second-order valence-corrected chi connectivity index (χ2v) is 9.33. The quantitative estimate of drug-likeness (QED) is 0.561. The Morgan fingerprint density at radius 3 is 2.36 bits per heavy atom. The normalized spacial score (nSPS) is 15.9. The summed E-state index contributed by atoms with van der Waals surface area (Å²) < 4.78 is 94.0. The molecule has 1 N–H and O–H groups in total. The molecule has 0 spiro atoms. The maximum absolute atomic E-state index is 13.8. The SMILES string of the molecule is CS(=O)(=O)C=CC(NC(=O)c1cnc(C(F)(F)C(F)(F)F)nc1Oc1ccccc1)C1CC1. The zero-order valence-corrected chi connectivity index (χ0v) is 17.8. The average molecular weight is 491 g/mol. The molecule has 0 bridgehead atoms. The van der Waals surface area contributed by atoms with Gasteiger partial charge in [0.25, 0.3) is 5.91 Å². The van der Waals surface area contributed by atoms with Gasteiger partial charge in [0.2, 0.25) is 11.7 Å². The molecule has 1 aliphatic carbocycles. The molecule has 1 aliphatic rings. The number of hydrogen-bond donors (Lipinski definition) is 1. The summed E-state index contributed by atoms with van der Waals surface area (Å²) in [6.45, 7) is 0. The molecule has 33 heavy (non-hydrogen) atoms. The molecule has 1 heterocycles. The number of aromatic nitrogens is 2. The molecule has 0 saturated heterocycles. The van der Waals surface area contributed by atoms with Crippen molar-refractivity contribution in [3.8, 4) is 11.6 Å². The van der Waals surface area contributed by atoms with E-state index in [2.05, 4.69) is 15.3 Å². The molecule has 2 aromatic rings. The van der Waals surface area contributed by atoms with E-state index in [1.54, 1.807) is 6.07 Å². The van der Waals surface area contributed by atoms with Crippen LogP contribution in [0.15, 0.2) is 48.0 Å². The number of ether oxygens (including phenoxy) is 1. The van der Waals surface area contributed by atoms with Gasteiger partial charge in [0.15, 0.2) is 9.84 Å². The van der Waals surface area contributed by atoms with Crippen molar-refractivity contribution in [1.82, 2.24) is 15.3 Å². The second kappa shape index (κ2) is 9.04. The van der Waals surface area contributed by atoms with Crippen LogP contribution in [0.25, 0.3) is 0 Å². The lowest BCUT2D eigenvalue weighted by atomic mass is 10.1. The van der Waals surface area contributed by atoms with E-state index in [9.17, 15) is 35.2 Å². The Bertz CT molecular complexity index is 1150. The van der Waals surface area contributed by atoms with Gasteiger partial charge < -0.3 is 10.1 Å². The molecule has 1 amide bonds. The van der Waals surface area contributed by atoms with Crippen molar-refractivity contribution >= 4 is 15.7 Å². The van der Waals surface area contributed by atoms with Gasteiger partial charge in [-0.25, -0.2) is 13.4 Å². The minimum Gasteiger partial charge on any atom is -0.438 e. The number of nitrogens with zero attached hydrogens (tertiary/aromatic N) is 2. The number of halogens is 5. The summed E-state index contributed by atoms with van der Waals surface area (Å²) in [5.74, 6) is -9.03.